The maximum atomic E-state index is 10.9. The molecule has 0 aliphatic heterocycles. The van der Waals surface area contributed by atoms with Gasteiger partial charge in [-0.2, -0.15) is 6.07 Å². The molecule has 0 fully saturated rings. The molecule has 14 heavy (non-hydrogen) atoms. The number of rotatable bonds is 1. The minimum atomic E-state index is -0.317. The molecule has 1 N–H and O–H groups in total. The van der Waals surface area contributed by atoms with Gasteiger partial charge in [0.05, 0.1) is 5.75 Å². The molecule has 69 valence electrons. The molecule has 0 aliphatic rings. The van der Waals surface area contributed by atoms with Gasteiger partial charge in [0.2, 0.25) is 0 Å². The molecule has 2 heterocycles. The van der Waals surface area contributed by atoms with E-state index in [1.54, 1.807) is 0 Å². The molecule has 0 amide bonds. The van der Waals surface area contributed by atoms with E-state index in [4.69, 9.17) is 4.42 Å². The molecule has 0 bridgehead atoms. The van der Waals surface area contributed by atoms with Crippen molar-refractivity contribution in [2.45, 2.75) is 6.92 Å². The molecule has 2 rings (SSSR count). The van der Waals surface area contributed by atoms with Gasteiger partial charge in [-0.3, -0.25) is 4.79 Å². The number of hydrogen-bond donors (Lipinski definition) is 1. The quantitative estimate of drug-likeness (QED) is 0.627. The predicted molar refractivity (Wildman–Crippen MR) is 44.5 cm³/mol. The number of pyridine rings is 1. The fraction of sp³-hybridized carbons (Fsp3) is 0.111. The van der Waals surface area contributed by atoms with Gasteiger partial charge >= 0.3 is 0 Å². The van der Waals surface area contributed by atoms with Crippen LogP contribution in [0.4, 0.5) is 0 Å². The van der Waals surface area contributed by atoms with Crippen LogP contribution < -0.4 is 0 Å². The van der Waals surface area contributed by atoms with Crippen molar-refractivity contribution in [3.63, 3.8) is 0 Å². The molecule has 2 aromatic rings. The summed E-state index contributed by atoms with van der Waals surface area (Å²) in [7, 11) is 0. The van der Waals surface area contributed by atoms with Crippen molar-refractivity contribution >= 4 is 16.8 Å². The van der Waals surface area contributed by atoms with E-state index < -0.39 is 0 Å². The van der Waals surface area contributed by atoms with Crippen LogP contribution in [0.1, 0.15) is 17.5 Å². The minimum absolute atomic E-state index is 0. The molecule has 0 aliphatic carbocycles. The van der Waals surface area contributed by atoms with Crippen LogP contribution >= 0.6 is 0 Å². The van der Waals surface area contributed by atoms with Gasteiger partial charge in [-0.05, 0) is 11.8 Å². The van der Waals surface area contributed by atoms with E-state index in [9.17, 15) is 9.90 Å². The Bertz CT molecular complexity index is 478. The number of carbonyl (C=O) groups excluding carboxylic acids is 1. The van der Waals surface area contributed by atoms with E-state index in [1.807, 2.05) is 0 Å². The molecule has 0 unspecified atom stereocenters. The van der Waals surface area contributed by atoms with Crippen LogP contribution in [0.25, 0.3) is 11.0 Å². The maximum absolute atomic E-state index is 10.9. The first-order chi connectivity index (χ1) is 6.20. The normalized spacial score (nSPS) is 9.79. The van der Waals surface area contributed by atoms with Crippen LogP contribution in [0.5, 0.6) is 5.75 Å². The Hall–Kier alpha value is -0.736. The number of Topliss-reactive ketones (excluding diaryl/α,β-unsaturated/α-hetero) is 1. The monoisotopic (exact) mass is 265 g/mol. The third kappa shape index (κ3) is 1.72. The predicted octanol–water partition coefficient (Wildman–Crippen LogP) is 1.53. The van der Waals surface area contributed by atoms with Gasteiger partial charge < -0.3 is 14.5 Å². The number of aromatic nitrogens is 1. The Morgan fingerprint density at radius 2 is 2.36 bits per heavy atom. The summed E-state index contributed by atoms with van der Waals surface area (Å²) in [6.45, 7) is 1.32. The second-order valence-corrected chi connectivity index (χ2v) is 2.63. The number of aromatic hydroxyl groups is 1. The second-order valence-electron chi connectivity index (χ2n) is 2.63. The molecule has 0 saturated carbocycles. The van der Waals surface area contributed by atoms with Crippen molar-refractivity contribution in [1.82, 2.24) is 4.98 Å². The zero-order valence-corrected chi connectivity index (χ0v) is 10.3. The fourth-order valence-corrected chi connectivity index (χ4v) is 1.11. The third-order valence-electron chi connectivity index (χ3n) is 1.71. The number of carbonyl (C=O) groups is 1. The number of fused-ring (bicyclic) bond motifs is 1. The van der Waals surface area contributed by atoms with Crippen molar-refractivity contribution in [1.29, 1.82) is 0 Å². The van der Waals surface area contributed by atoms with Gasteiger partial charge in [0, 0.05) is 39.6 Å². The van der Waals surface area contributed by atoms with Gasteiger partial charge in [-0.15, -0.1) is 0 Å². The molecule has 0 aromatic carbocycles. The Labute approximate surface area is 105 Å². The molecular formula is C9H6NO3Y-. The number of hydrogen-bond acceptors (Lipinski definition) is 4. The number of nitrogens with zero attached hydrogens (tertiary/aromatic N) is 1. The van der Waals surface area contributed by atoms with E-state index in [0.29, 0.717) is 11.0 Å². The third-order valence-corrected chi connectivity index (χ3v) is 1.71. The van der Waals surface area contributed by atoms with Crippen molar-refractivity contribution < 1.29 is 47.0 Å². The summed E-state index contributed by atoms with van der Waals surface area (Å²) in [4.78, 5) is 14.7. The van der Waals surface area contributed by atoms with Crippen molar-refractivity contribution in [3.8, 4) is 5.75 Å². The van der Waals surface area contributed by atoms with Crippen LogP contribution in [-0.2, 0) is 32.7 Å². The molecule has 5 heteroatoms. The first kappa shape index (κ1) is 11.3. The van der Waals surface area contributed by atoms with E-state index in [2.05, 4.69) is 11.1 Å². The van der Waals surface area contributed by atoms with Crippen LogP contribution in [0.15, 0.2) is 16.8 Å². The molecule has 0 saturated heterocycles. The summed E-state index contributed by atoms with van der Waals surface area (Å²) >= 11 is 0. The molecule has 4 nitrogen and oxygen atoms in total. The summed E-state index contributed by atoms with van der Waals surface area (Å²) in [5.74, 6) is -0.520. The van der Waals surface area contributed by atoms with E-state index in [-0.39, 0.29) is 50.0 Å². The smallest absolute Gasteiger partial charge is 0.196 e. The summed E-state index contributed by atoms with van der Waals surface area (Å²) in [5, 5.41) is 9.90. The zero-order chi connectivity index (χ0) is 9.42. The Morgan fingerprint density at radius 3 is 2.93 bits per heavy atom. The van der Waals surface area contributed by atoms with Gasteiger partial charge in [-0.1, -0.05) is 11.6 Å². The topological polar surface area (TPSA) is 63.3 Å². The van der Waals surface area contributed by atoms with Gasteiger partial charge in [-0.25, -0.2) is 0 Å². The molecule has 2 aromatic heterocycles. The van der Waals surface area contributed by atoms with Gasteiger partial charge in [0.1, 0.15) is 0 Å². The fourth-order valence-electron chi connectivity index (χ4n) is 1.11. The standard InChI is InChI=1S/C9H6NO3.Y/c1-5(11)9-8(12)6-4-10-3-2-7(6)13-9;/h3-4,12H,1H3;/q-1;. The molecule has 1 radical (unpaired) electrons. The summed E-state index contributed by atoms with van der Waals surface area (Å²) in [6.07, 6.45) is 2.84. The molecule has 0 atom stereocenters. The second kappa shape index (κ2) is 4.19. The SMILES string of the molecule is CC(=O)c1oc2[c-]cncc2c1O.[Y]. The van der Waals surface area contributed by atoms with Crippen molar-refractivity contribution in [3.05, 3.63) is 24.2 Å². The van der Waals surface area contributed by atoms with E-state index in [1.165, 1.54) is 19.3 Å². The number of furan rings is 1. The molecule has 0 spiro atoms. The van der Waals surface area contributed by atoms with Gasteiger partial charge in [0.25, 0.3) is 0 Å². The summed E-state index contributed by atoms with van der Waals surface area (Å²) < 4.78 is 5.07. The Balaban J connectivity index is 0.000000980. The van der Waals surface area contributed by atoms with E-state index >= 15 is 0 Å². The van der Waals surface area contributed by atoms with Crippen LogP contribution in [-0.4, -0.2) is 15.9 Å². The first-order valence-corrected chi connectivity index (χ1v) is 3.68. The largest absolute Gasteiger partial charge is 0.522 e. The van der Waals surface area contributed by atoms with Crippen molar-refractivity contribution in [2.24, 2.45) is 0 Å². The minimum Gasteiger partial charge on any atom is -0.522 e. The van der Waals surface area contributed by atoms with Crippen LogP contribution in [0, 0.1) is 6.07 Å². The average Bonchev–Trinajstić information content (AvgIpc) is 2.45. The average molecular weight is 265 g/mol. The maximum Gasteiger partial charge on any atom is 0.196 e. The summed E-state index contributed by atoms with van der Waals surface area (Å²) in [6, 6.07) is 2.68. The van der Waals surface area contributed by atoms with Crippen LogP contribution in [0.2, 0.25) is 0 Å². The first-order valence-electron chi connectivity index (χ1n) is 3.68. The zero-order valence-electron chi connectivity index (χ0n) is 7.44. The Morgan fingerprint density at radius 1 is 1.64 bits per heavy atom. The Kier molecular flexibility index (Phi) is 3.40. The summed E-state index contributed by atoms with van der Waals surface area (Å²) in [5.41, 5.74) is 0.345. The van der Waals surface area contributed by atoms with Crippen molar-refractivity contribution in [2.75, 3.05) is 0 Å². The van der Waals surface area contributed by atoms with E-state index in [0.717, 1.165) is 0 Å². The number of ketones is 1. The van der Waals surface area contributed by atoms with Gasteiger partial charge in [0.15, 0.2) is 11.5 Å². The molecular weight excluding hydrogens is 259 g/mol. The van der Waals surface area contributed by atoms with Crippen LogP contribution in [0.3, 0.4) is 0 Å².